The number of benzene rings is 2. The summed E-state index contributed by atoms with van der Waals surface area (Å²) in [6.45, 7) is 2.80. The first-order chi connectivity index (χ1) is 12.7. The molecule has 0 saturated carbocycles. The fraction of sp³-hybridized carbons (Fsp3) is 0.238. The minimum absolute atomic E-state index is 0.0252. The smallest absolute Gasteiger partial charge is 0.348 e. The molecule has 0 saturated heterocycles. The molecule has 0 amide bonds. The van der Waals surface area contributed by atoms with Crippen LogP contribution in [0.4, 0.5) is 0 Å². The first-order valence-corrected chi connectivity index (χ1v) is 8.68. The maximum Gasteiger partial charge on any atom is 0.348 e. The Hall–Kier alpha value is -3.08. The summed E-state index contributed by atoms with van der Waals surface area (Å²) in [5.74, 6) is 1.09. The van der Waals surface area contributed by atoms with Gasteiger partial charge in [0.15, 0.2) is 0 Å². The number of fused-ring (bicyclic) bond motifs is 1. The van der Waals surface area contributed by atoms with Gasteiger partial charge in [0.05, 0.1) is 0 Å². The Bertz CT molecular complexity index is 904. The van der Waals surface area contributed by atoms with Crippen LogP contribution in [0.1, 0.15) is 29.8 Å². The Morgan fingerprint density at radius 2 is 1.92 bits per heavy atom. The molecule has 3 aromatic rings. The first kappa shape index (κ1) is 16.4. The van der Waals surface area contributed by atoms with Crippen LogP contribution in [0, 0.1) is 0 Å². The van der Waals surface area contributed by atoms with E-state index < -0.39 is 6.10 Å². The predicted octanol–water partition coefficient (Wildman–Crippen LogP) is 3.54. The molecular formula is C21H20N2O3. The molecule has 5 heteroatoms. The topological polar surface area (TPSA) is 53.4 Å². The molecule has 0 fully saturated rings. The van der Waals surface area contributed by atoms with Crippen molar-refractivity contribution in [3.8, 4) is 5.75 Å². The Morgan fingerprint density at radius 3 is 2.73 bits per heavy atom. The van der Waals surface area contributed by atoms with Gasteiger partial charge < -0.3 is 14.0 Å². The summed E-state index contributed by atoms with van der Waals surface area (Å²) in [6.07, 6.45) is 3.00. The van der Waals surface area contributed by atoms with Crippen molar-refractivity contribution >= 4 is 5.97 Å². The first-order valence-electron chi connectivity index (χ1n) is 8.68. The monoisotopic (exact) mass is 348 g/mol. The van der Waals surface area contributed by atoms with Gasteiger partial charge in [-0.25, -0.2) is 9.78 Å². The molecule has 2 unspecified atom stereocenters. The molecule has 4 rings (SSSR count). The molecule has 2 aromatic carbocycles. The van der Waals surface area contributed by atoms with E-state index in [1.54, 1.807) is 6.20 Å². The summed E-state index contributed by atoms with van der Waals surface area (Å²) in [5.41, 5.74) is 2.21. The van der Waals surface area contributed by atoms with Crippen molar-refractivity contribution in [3.05, 3.63) is 83.9 Å². The number of ether oxygens (including phenoxy) is 2. The number of rotatable bonds is 5. The van der Waals surface area contributed by atoms with Crippen LogP contribution in [0.2, 0.25) is 0 Å². The third-order valence-electron chi connectivity index (χ3n) is 4.69. The van der Waals surface area contributed by atoms with Crippen molar-refractivity contribution in [2.24, 2.45) is 0 Å². The van der Waals surface area contributed by atoms with Crippen LogP contribution in [-0.2, 0) is 22.7 Å². The average molecular weight is 348 g/mol. The molecule has 0 spiro atoms. The van der Waals surface area contributed by atoms with E-state index in [0.717, 1.165) is 11.3 Å². The molecule has 0 bridgehead atoms. The highest BCUT2D eigenvalue weighted by atomic mass is 16.6. The molecule has 5 nitrogen and oxygen atoms in total. The summed E-state index contributed by atoms with van der Waals surface area (Å²) in [5, 5.41) is 0. The quantitative estimate of drug-likeness (QED) is 0.662. The van der Waals surface area contributed by atoms with Gasteiger partial charge in [-0.1, -0.05) is 55.5 Å². The molecule has 0 aliphatic carbocycles. The minimum atomic E-state index is -0.607. The van der Waals surface area contributed by atoms with Gasteiger partial charge in [0, 0.05) is 30.4 Å². The normalized spacial score (nSPS) is 18.2. The predicted molar refractivity (Wildman–Crippen MR) is 96.8 cm³/mol. The maximum absolute atomic E-state index is 12.5. The molecule has 0 N–H and O–H groups in total. The number of esters is 1. The van der Waals surface area contributed by atoms with E-state index in [-0.39, 0.29) is 18.5 Å². The van der Waals surface area contributed by atoms with Gasteiger partial charge in [0.1, 0.15) is 18.2 Å². The molecule has 0 radical (unpaired) electrons. The van der Waals surface area contributed by atoms with Gasteiger partial charge in [-0.3, -0.25) is 0 Å². The van der Waals surface area contributed by atoms with E-state index in [1.807, 2.05) is 60.2 Å². The molecule has 26 heavy (non-hydrogen) atoms. The van der Waals surface area contributed by atoms with Crippen molar-refractivity contribution in [2.45, 2.75) is 32.1 Å². The third kappa shape index (κ3) is 3.20. The fourth-order valence-electron chi connectivity index (χ4n) is 3.24. The molecular weight excluding hydrogens is 328 g/mol. The van der Waals surface area contributed by atoms with Crippen LogP contribution in [0.15, 0.2) is 67.0 Å². The zero-order valence-electron chi connectivity index (χ0n) is 14.5. The molecule has 1 aliphatic heterocycles. The van der Waals surface area contributed by atoms with Crippen LogP contribution in [0.5, 0.6) is 5.75 Å². The molecule has 1 aliphatic rings. The van der Waals surface area contributed by atoms with Crippen molar-refractivity contribution in [2.75, 3.05) is 0 Å². The van der Waals surface area contributed by atoms with E-state index >= 15 is 0 Å². The number of imidazole rings is 1. The second-order valence-electron chi connectivity index (χ2n) is 6.43. The highest BCUT2D eigenvalue weighted by Crippen LogP contribution is 2.38. The minimum Gasteiger partial charge on any atom is -0.478 e. The Labute approximate surface area is 152 Å². The Balaban J connectivity index is 1.40. The van der Waals surface area contributed by atoms with Crippen LogP contribution >= 0.6 is 0 Å². The molecule has 1 aromatic heterocycles. The number of para-hydroxylation sites is 1. The summed E-state index contributed by atoms with van der Waals surface area (Å²) < 4.78 is 13.3. The number of carbonyl (C=O) groups is 1. The van der Waals surface area contributed by atoms with Gasteiger partial charge in [-0.2, -0.15) is 0 Å². The molecule has 2 atom stereocenters. The van der Waals surface area contributed by atoms with E-state index in [9.17, 15) is 4.79 Å². The molecule has 2 heterocycles. The Morgan fingerprint density at radius 1 is 1.15 bits per heavy atom. The average Bonchev–Trinajstić information content (AvgIpc) is 3.25. The number of hydrogen-bond donors (Lipinski definition) is 0. The van der Waals surface area contributed by atoms with E-state index in [0.29, 0.717) is 12.4 Å². The van der Waals surface area contributed by atoms with Crippen molar-refractivity contribution in [3.63, 3.8) is 0 Å². The Kier molecular flexibility index (Phi) is 4.44. The van der Waals surface area contributed by atoms with Crippen LogP contribution in [-0.4, -0.2) is 21.6 Å². The number of carbonyl (C=O) groups excluding carboxylic acids is 1. The zero-order chi connectivity index (χ0) is 17.9. The fourth-order valence-corrected chi connectivity index (χ4v) is 3.24. The largest absolute Gasteiger partial charge is 0.478 e. The third-order valence-corrected chi connectivity index (χ3v) is 4.69. The lowest BCUT2D eigenvalue weighted by Gasteiger charge is -2.15. The van der Waals surface area contributed by atoms with E-state index in [2.05, 4.69) is 17.1 Å². The van der Waals surface area contributed by atoms with Gasteiger partial charge in [0.25, 0.3) is 0 Å². The number of hydrogen-bond acceptors (Lipinski definition) is 4. The van der Waals surface area contributed by atoms with Gasteiger partial charge in [-0.05, 0) is 11.6 Å². The second-order valence-corrected chi connectivity index (χ2v) is 6.43. The summed E-state index contributed by atoms with van der Waals surface area (Å²) >= 11 is 0. The summed E-state index contributed by atoms with van der Waals surface area (Å²) in [4.78, 5) is 16.8. The van der Waals surface area contributed by atoms with Crippen molar-refractivity contribution < 1.29 is 14.3 Å². The van der Waals surface area contributed by atoms with Crippen LogP contribution in [0.25, 0.3) is 0 Å². The van der Waals surface area contributed by atoms with Crippen LogP contribution in [0.3, 0.4) is 0 Å². The van der Waals surface area contributed by atoms with Gasteiger partial charge >= 0.3 is 5.97 Å². The maximum atomic E-state index is 12.5. The summed E-state index contributed by atoms with van der Waals surface area (Å²) in [7, 11) is 0. The lowest BCUT2D eigenvalue weighted by molar-refractivity contribution is -0.153. The standard InChI is InChI=1S/C21H20N2O3/c1-15-17-9-5-6-10-18(17)26-20(15)21(24)25-14-19-22-11-12-23(19)13-16-7-3-2-4-8-16/h2-12,15,20H,13-14H2,1H3. The van der Waals surface area contributed by atoms with Gasteiger partial charge in [0.2, 0.25) is 6.10 Å². The van der Waals surface area contributed by atoms with Crippen LogP contribution < -0.4 is 4.74 Å². The van der Waals surface area contributed by atoms with Crippen molar-refractivity contribution in [1.82, 2.24) is 9.55 Å². The lowest BCUT2D eigenvalue weighted by Crippen LogP contribution is -2.30. The zero-order valence-corrected chi connectivity index (χ0v) is 14.5. The SMILES string of the molecule is CC1c2ccccc2OC1C(=O)OCc1nccn1Cc1ccccc1. The number of nitrogens with zero attached hydrogens (tertiary/aromatic N) is 2. The number of aromatic nitrogens is 2. The van der Waals surface area contributed by atoms with E-state index in [4.69, 9.17) is 9.47 Å². The highest BCUT2D eigenvalue weighted by molar-refractivity contribution is 5.78. The second kappa shape index (κ2) is 7.04. The lowest BCUT2D eigenvalue weighted by atomic mass is 9.98. The summed E-state index contributed by atoms with van der Waals surface area (Å²) in [6, 6.07) is 17.8. The highest BCUT2D eigenvalue weighted by Gasteiger charge is 2.37. The van der Waals surface area contributed by atoms with Crippen molar-refractivity contribution in [1.29, 1.82) is 0 Å². The molecule has 132 valence electrons. The van der Waals surface area contributed by atoms with E-state index in [1.165, 1.54) is 5.56 Å². The van der Waals surface area contributed by atoms with Gasteiger partial charge in [-0.15, -0.1) is 0 Å².